The highest BCUT2D eigenvalue weighted by Gasteiger charge is 2.18. The first-order valence-electron chi connectivity index (χ1n) is 15.1. The number of ether oxygens (including phenoxy) is 2. The van der Waals surface area contributed by atoms with Gasteiger partial charge in [0.1, 0.15) is 19.0 Å². The Kier molecular flexibility index (Phi) is 22.7. The number of aryl methyl sites for hydroxylation is 1. The van der Waals surface area contributed by atoms with Crippen LogP contribution in [0.2, 0.25) is 0 Å². The van der Waals surface area contributed by atoms with E-state index in [2.05, 4.69) is 31.3 Å². The van der Waals surface area contributed by atoms with Gasteiger partial charge in [0.2, 0.25) is 0 Å². The fraction of sp³-hybridized carbons (Fsp3) is 0.767. The van der Waals surface area contributed by atoms with E-state index in [1.54, 1.807) is 6.92 Å². The van der Waals surface area contributed by atoms with Gasteiger partial charge in [-0.1, -0.05) is 96.6 Å². The topological polar surface area (TPSA) is 90.8 Å². The molecule has 0 saturated carbocycles. The number of hydrogen-bond acceptors (Lipinski definition) is 6. The fourth-order valence-corrected chi connectivity index (χ4v) is 4.73. The number of esters is 1. The van der Waals surface area contributed by atoms with Crippen LogP contribution in [0.4, 0.5) is 0 Å². The zero-order valence-electron chi connectivity index (χ0n) is 24.3. The Bertz CT molecular complexity index is 675. The van der Waals surface area contributed by atoms with Crippen LogP contribution >= 0.6 is 8.60 Å². The van der Waals surface area contributed by atoms with Crippen molar-refractivity contribution in [2.45, 2.75) is 117 Å². The Hall–Kier alpha value is -1.24. The summed E-state index contributed by atoms with van der Waals surface area (Å²) in [7, 11) is -2.01. The highest BCUT2D eigenvalue weighted by Crippen LogP contribution is 2.32. The van der Waals surface area contributed by atoms with Gasteiger partial charge in [0.05, 0.1) is 19.7 Å². The van der Waals surface area contributed by atoms with Crippen LogP contribution in [0.15, 0.2) is 24.3 Å². The highest BCUT2D eigenvalue weighted by molar-refractivity contribution is 7.40. The molecule has 0 radical (unpaired) electrons. The maximum Gasteiger partial charge on any atom is 0.330 e. The van der Waals surface area contributed by atoms with E-state index in [1.807, 2.05) is 12.1 Å². The molecule has 1 aromatic carbocycles. The van der Waals surface area contributed by atoms with Crippen LogP contribution in [0.3, 0.4) is 0 Å². The first-order chi connectivity index (χ1) is 18.6. The lowest BCUT2D eigenvalue weighted by Gasteiger charge is -2.19. The van der Waals surface area contributed by atoms with Crippen LogP contribution in [0.5, 0.6) is 5.75 Å². The molecule has 3 N–H and O–H groups in total. The van der Waals surface area contributed by atoms with Crippen LogP contribution in [-0.4, -0.2) is 49.9 Å². The van der Waals surface area contributed by atoms with Gasteiger partial charge in [-0.25, -0.2) is 0 Å². The first kappa shape index (κ1) is 34.8. The quantitative estimate of drug-likeness (QED) is 0.0773. The molecule has 0 aliphatic heterocycles. The van der Waals surface area contributed by atoms with E-state index in [9.17, 15) is 9.69 Å². The molecule has 220 valence electrons. The van der Waals surface area contributed by atoms with Crippen LogP contribution < -0.4 is 10.1 Å². The molecule has 8 heteroatoms. The van der Waals surface area contributed by atoms with Gasteiger partial charge < -0.3 is 28.7 Å². The summed E-state index contributed by atoms with van der Waals surface area (Å²) in [4.78, 5) is 21.7. The number of carbonyl (C=O) groups is 1. The van der Waals surface area contributed by atoms with Crippen molar-refractivity contribution in [3.05, 3.63) is 29.8 Å². The van der Waals surface area contributed by atoms with Gasteiger partial charge in [-0.05, 0) is 37.5 Å². The number of benzene rings is 1. The molecule has 0 aromatic heterocycles. The molecule has 0 fully saturated rings. The van der Waals surface area contributed by atoms with Crippen molar-refractivity contribution in [1.29, 1.82) is 0 Å². The van der Waals surface area contributed by atoms with Crippen molar-refractivity contribution in [2.24, 2.45) is 0 Å². The van der Waals surface area contributed by atoms with Crippen molar-refractivity contribution in [3.63, 3.8) is 0 Å². The first-order valence-corrected chi connectivity index (χ1v) is 16.2. The fourth-order valence-electron chi connectivity index (χ4n) is 4.10. The minimum Gasteiger partial charge on any atom is -0.490 e. The number of nitrogens with two attached hydrogens (primary N) is 1. The molecule has 38 heavy (non-hydrogen) atoms. The number of likely N-dealkylation sites (N-methyl/N-ethyl adjacent to an activating group) is 1. The lowest BCUT2D eigenvalue weighted by atomic mass is 10.0. The summed E-state index contributed by atoms with van der Waals surface area (Å²) in [6.45, 7) is 8.35. The Balaban J connectivity index is 2.22. The Labute approximate surface area is 233 Å². The maximum absolute atomic E-state index is 11.8. The van der Waals surface area contributed by atoms with Crippen LogP contribution in [0, 0.1) is 0 Å². The van der Waals surface area contributed by atoms with E-state index < -0.39 is 14.7 Å². The number of hydrogen-bond donors (Lipinski definition) is 2. The van der Waals surface area contributed by atoms with Gasteiger partial charge in [0.15, 0.2) is 6.10 Å². The molecule has 1 aromatic rings. The van der Waals surface area contributed by atoms with E-state index in [1.165, 1.54) is 82.6 Å². The van der Waals surface area contributed by atoms with E-state index in [0.29, 0.717) is 6.61 Å². The maximum atomic E-state index is 11.8. The second-order valence-electron chi connectivity index (χ2n) is 9.91. The third-order valence-corrected chi connectivity index (χ3v) is 7.22. The summed E-state index contributed by atoms with van der Waals surface area (Å²) in [6.07, 6.45) is 17.0. The average Bonchev–Trinajstić information content (AvgIpc) is 2.93. The third kappa shape index (κ3) is 19.8. The normalized spacial score (nSPS) is 12.8. The minimum absolute atomic E-state index is 0.0163. The lowest BCUT2D eigenvalue weighted by molar-refractivity contribution is -0.652. The third-order valence-electron chi connectivity index (χ3n) is 6.45. The van der Waals surface area contributed by atoms with E-state index >= 15 is 0 Å². The average molecular weight is 557 g/mol. The van der Waals surface area contributed by atoms with Gasteiger partial charge in [-0.3, -0.25) is 4.79 Å². The van der Waals surface area contributed by atoms with Crippen molar-refractivity contribution in [2.75, 3.05) is 32.9 Å². The van der Waals surface area contributed by atoms with Crippen molar-refractivity contribution >= 4 is 14.6 Å². The Morgan fingerprint density at radius 2 is 1.45 bits per heavy atom. The predicted molar refractivity (Wildman–Crippen MR) is 155 cm³/mol. The van der Waals surface area contributed by atoms with E-state index in [4.69, 9.17) is 18.5 Å². The van der Waals surface area contributed by atoms with Crippen LogP contribution in [0.1, 0.15) is 110 Å². The predicted octanol–water partition coefficient (Wildman–Crippen LogP) is 6.47. The monoisotopic (exact) mass is 556 g/mol. The molecule has 2 unspecified atom stereocenters. The molecule has 7 nitrogen and oxygen atoms in total. The van der Waals surface area contributed by atoms with Gasteiger partial charge in [0, 0.05) is 6.42 Å². The SMILES string of the molecule is CCCCCCCCCCCCCCc1ccc(OCC(COP(O)OCC[NH2+]CC)OC(=O)CC)cc1. The highest BCUT2D eigenvalue weighted by atomic mass is 31.2. The van der Waals surface area contributed by atoms with Gasteiger partial charge in [-0.2, -0.15) is 0 Å². The van der Waals surface area contributed by atoms with E-state index in [0.717, 1.165) is 25.3 Å². The molecular formula is C30H55NO6P+. The van der Waals surface area contributed by atoms with Crippen LogP contribution in [-0.2, 0) is 25.0 Å². The largest absolute Gasteiger partial charge is 0.490 e. The molecule has 0 aliphatic carbocycles. The van der Waals surface area contributed by atoms with Gasteiger partial charge in [-0.15, -0.1) is 0 Å². The number of quaternary nitrogens is 1. The summed E-state index contributed by atoms with van der Waals surface area (Å²) < 4.78 is 21.9. The summed E-state index contributed by atoms with van der Waals surface area (Å²) in [5.41, 5.74) is 1.31. The molecule has 0 bridgehead atoms. The molecule has 0 aliphatic rings. The molecule has 2 atom stereocenters. The molecule has 0 saturated heterocycles. The smallest absolute Gasteiger partial charge is 0.330 e. The summed E-state index contributed by atoms with van der Waals surface area (Å²) in [6, 6.07) is 8.13. The van der Waals surface area contributed by atoms with Gasteiger partial charge in [0.25, 0.3) is 0 Å². The Morgan fingerprint density at radius 3 is 2.03 bits per heavy atom. The summed E-state index contributed by atoms with van der Waals surface area (Å²) >= 11 is 0. The van der Waals surface area contributed by atoms with Gasteiger partial charge >= 0.3 is 14.6 Å². The molecule has 0 heterocycles. The molecule has 0 amide bonds. The number of carbonyl (C=O) groups excluding carboxylic acids is 1. The van der Waals surface area contributed by atoms with Crippen molar-refractivity contribution in [1.82, 2.24) is 0 Å². The minimum atomic E-state index is -2.01. The standard InChI is InChI=1S/C30H54NO6P/c1-4-7-8-9-10-11-12-13-14-15-16-17-18-27-19-21-28(22-20-27)34-25-29(37-30(32)5-2)26-36-38(33)35-24-23-31-6-3/h19-22,29,31,33H,4-18,23-26H2,1-3H3/p+1. The van der Waals surface area contributed by atoms with Crippen molar-refractivity contribution in [3.8, 4) is 5.75 Å². The number of unbranched alkanes of at least 4 members (excludes halogenated alkanes) is 11. The second kappa shape index (κ2) is 24.8. The van der Waals surface area contributed by atoms with Crippen molar-refractivity contribution < 1.29 is 33.5 Å². The molecule has 0 spiro atoms. The van der Waals surface area contributed by atoms with Crippen LogP contribution in [0.25, 0.3) is 0 Å². The zero-order valence-corrected chi connectivity index (χ0v) is 25.2. The second-order valence-corrected chi connectivity index (χ2v) is 10.9. The summed E-state index contributed by atoms with van der Waals surface area (Å²) in [5.74, 6) is 0.388. The zero-order chi connectivity index (χ0) is 27.7. The summed E-state index contributed by atoms with van der Waals surface area (Å²) in [5, 5.41) is 2.08. The Morgan fingerprint density at radius 1 is 0.842 bits per heavy atom. The molecule has 1 rings (SSSR count). The lowest BCUT2D eigenvalue weighted by Crippen LogP contribution is -2.84. The van der Waals surface area contributed by atoms with E-state index in [-0.39, 0.29) is 25.6 Å². The number of rotatable bonds is 26. The molecular weight excluding hydrogens is 501 g/mol.